The van der Waals surface area contributed by atoms with Crippen molar-refractivity contribution in [2.24, 2.45) is 5.16 Å². The van der Waals surface area contributed by atoms with Crippen LogP contribution in [0.4, 0.5) is 5.13 Å². The SMILES string of the molecule is CON=C(C(=O)NC1C(=O)N2C(C(=O)O)=C(C=CC[N+]3(C)CCCC3)CS[C@H]12)c1nsc(N)n1. The number of nitrogens with two attached hydrogens (primary N) is 1. The monoisotopic (exact) mass is 508 g/mol. The summed E-state index contributed by atoms with van der Waals surface area (Å²) in [5.74, 6) is -2.00. The van der Waals surface area contributed by atoms with Gasteiger partial charge in [-0.3, -0.25) is 14.5 Å². The van der Waals surface area contributed by atoms with Crippen LogP contribution in [0.2, 0.25) is 0 Å². The number of carbonyl (C=O) groups excluding carboxylic acids is 2. The number of quaternary nitrogens is 1. The number of hydrogen-bond acceptors (Lipinski definition) is 10. The van der Waals surface area contributed by atoms with Gasteiger partial charge >= 0.3 is 5.97 Å². The number of anilines is 1. The van der Waals surface area contributed by atoms with Gasteiger partial charge in [0.25, 0.3) is 11.8 Å². The molecule has 1 unspecified atom stereocenters. The fourth-order valence-corrected chi connectivity index (χ4v) is 6.07. The van der Waals surface area contributed by atoms with Crippen LogP contribution in [-0.4, -0.2) is 98.3 Å². The summed E-state index contributed by atoms with van der Waals surface area (Å²) in [6.45, 7) is 3.03. The summed E-state index contributed by atoms with van der Waals surface area (Å²) in [6, 6.07) is -0.913. The van der Waals surface area contributed by atoms with E-state index in [1.165, 1.54) is 36.6 Å². The third kappa shape index (κ3) is 4.65. The van der Waals surface area contributed by atoms with Crippen molar-refractivity contribution in [2.45, 2.75) is 24.3 Å². The van der Waals surface area contributed by atoms with E-state index in [0.717, 1.165) is 35.6 Å². The van der Waals surface area contributed by atoms with Crippen LogP contribution in [0.15, 0.2) is 28.6 Å². The van der Waals surface area contributed by atoms with E-state index in [-0.39, 0.29) is 22.4 Å². The van der Waals surface area contributed by atoms with Gasteiger partial charge in [0.05, 0.1) is 26.7 Å². The molecule has 12 nitrogen and oxygen atoms in total. The van der Waals surface area contributed by atoms with Gasteiger partial charge in [0, 0.05) is 30.1 Å². The van der Waals surface area contributed by atoms with E-state index in [9.17, 15) is 19.5 Å². The normalized spacial score (nSPS) is 24.2. The number of hydrogen-bond donors (Lipinski definition) is 3. The van der Waals surface area contributed by atoms with E-state index in [1.807, 2.05) is 12.2 Å². The van der Waals surface area contributed by atoms with Gasteiger partial charge in [-0.25, -0.2) is 4.79 Å². The zero-order chi connectivity index (χ0) is 24.5. The van der Waals surface area contributed by atoms with Gasteiger partial charge in [0.15, 0.2) is 5.13 Å². The number of carboxylic acids is 1. The number of nitrogens with one attached hydrogen (secondary N) is 1. The van der Waals surface area contributed by atoms with E-state index in [2.05, 4.69) is 26.9 Å². The number of nitrogen functional groups attached to an aromatic ring is 1. The molecule has 1 aromatic rings. The number of fused-ring (bicyclic) bond motifs is 1. The fraction of sp³-hybridized carbons (Fsp3) is 0.500. The molecule has 3 aliphatic rings. The van der Waals surface area contributed by atoms with Crippen molar-refractivity contribution >= 4 is 51.9 Å². The van der Waals surface area contributed by atoms with Crippen LogP contribution in [0.1, 0.15) is 18.7 Å². The minimum atomic E-state index is -1.17. The second kappa shape index (κ2) is 9.72. The topological polar surface area (TPSA) is 160 Å². The molecule has 1 aromatic heterocycles. The largest absolute Gasteiger partial charge is 0.477 e. The molecule has 0 radical (unpaired) electrons. The third-order valence-electron chi connectivity index (χ3n) is 6.05. The van der Waals surface area contributed by atoms with E-state index in [0.29, 0.717) is 11.3 Å². The lowest BCUT2D eigenvalue weighted by molar-refractivity contribution is -0.891. The molecule has 0 saturated carbocycles. The van der Waals surface area contributed by atoms with Gasteiger partial charge in [-0.15, -0.1) is 11.8 Å². The molecule has 0 aromatic carbocycles. The minimum absolute atomic E-state index is 0.0188. The summed E-state index contributed by atoms with van der Waals surface area (Å²) in [4.78, 5) is 47.6. The van der Waals surface area contributed by atoms with E-state index < -0.39 is 29.2 Å². The Hall–Kier alpha value is -2.97. The van der Waals surface area contributed by atoms with Crippen LogP contribution in [0.5, 0.6) is 0 Å². The lowest BCUT2D eigenvalue weighted by atomic mass is 10.0. The second-order valence-electron chi connectivity index (χ2n) is 8.48. The maximum atomic E-state index is 12.9. The number of allylic oxidation sites excluding steroid dienone is 1. The Labute approximate surface area is 204 Å². The van der Waals surface area contributed by atoms with E-state index in [1.54, 1.807) is 0 Å². The standard InChI is InChI=1S/C20H25N7O5S2/c1-27(7-3-4-8-27)9-5-6-11-10-33-18-13(17(29)26(18)14(11)19(30)31)22-16(28)12(24-32-2)15-23-20(21)34-25-15/h5-6,13,18H,3-4,7-10H2,1-2H3,(H3-,21,22,23,25,28,30,31)/p+1/t13?,18-/m1/s1. The van der Waals surface area contributed by atoms with Crippen LogP contribution in [0.3, 0.4) is 0 Å². The number of carboxylic acid groups (broad SMARTS) is 1. The first-order valence-electron chi connectivity index (χ1n) is 10.7. The highest BCUT2D eigenvalue weighted by Gasteiger charge is 2.54. The van der Waals surface area contributed by atoms with Gasteiger partial charge in [-0.1, -0.05) is 11.2 Å². The Kier molecular flexibility index (Phi) is 6.91. The first-order chi connectivity index (χ1) is 16.2. The van der Waals surface area contributed by atoms with Crippen LogP contribution in [-0.2, 0) is 19.2 Å². The van der Waals surface area contributed by atoms with Crippen LogP contribution >= 0.6 is 23.3 Å². The minimum Gasteiger partial charge on any atom is -0.477 e. The molecule has 0 aliphatic carbocycles. The van der Waals surface area contributed by atoms with Crippen molar-refractivity contribution in [1.29, 1.82) is 0 Å². The lowest BCUT2D eigenvalue weighted by Crippen LogP contribution is -2.71. The number of β-lactam (4-membered cyclic amide) rings is 1. The number of aliphatic carboxylic acids is 1. The van der Waals surface area contributed by atoms with Gasteiger partial charge in [0.1, 0.15) is 24.2 Å². The average molecular weight is 509 g/mol. The summed E-state index contributed by atoms with van der Waals surface area (Å²) in [6.07, 6.45) is 6.20. The molecular formula is C20H26N7O5S2+. The fourth-order valence-electron chi connectivity index (χ4n) is 4.32. The number of nitrogens with zero attached hydrogens (tertiary/aromatic N) is 5. The predicted octanol–water partition coefficient (Wildman–Crippen LogP) is 0.00600. The Balaban J connectivity index is 1.48. The first kappa shape index (κ1) is 24.2. The van der Waals surface area contributed by atoms with Crippen LogP contribution in [0, 0.1) is 0 Å². The zero-order valence-electron chi connectivity index (χ0n) is 18.8. The molecule has 2 saturated heterocycles. The van der Waals surface area contributed by atoms with Crippen molar-refractivity contribution in [3.05, 3.63) is 29.2 Å². The first-order valence-corrected chi connectivity index (χ1v) is 12.5. The van der Waals surface area contributed by atoms with Crippen molar-refractivity contribution < 1.29 is 28.8 Å². The molecule has 2 amide bonds. The summed E-state index contributed by atoms with van der Waals surface area (Å²) in [5.41, 5.74) is 5.90. The van der Waals surface area contributed by atoms with Gasteiger partial charge in [-0.05, 0) is 11.6 Å². The van der Waals surface area contributed by atoms with Crippen LogP contribution < -0.4 is 11.1 Å². The maximum Gasteiger partial charge on any atom is 0.352 e. The van der Waals surface area contributed by atoms with Gasteiger partial charge in [0.2, 0.25) is 11.5 Å². The smallest absolute Gasteiger partial charge is 0.352 e. The van der Waals surface area contributed by atoms with Gasteiger partial charge in [-0.2, -0.15) is 9.36 Å². The second-order valence-corrected chi connectivity index (χ2v) is 10.4. The van der Waals surface area contributed by atoms with E-state index >= 15 is 0 Å². The van der Waals surface area contributed by atoms with Gasteiger partial charge < -0.3 is 25.5 Å². The average Bonchev–Trinajstić information content (AvgIpc) is 3.43. The Morgan fingerprint density at radius 1 is 1.41 bits per heavy atom. The number of likely N-dealkylation sites (tertiary alicyclic amines) is 1. The molecule has 0 bridgehead atoms. The van der Waals surface area contributed by atoms with Crippen LogP contribution in [0.25, 0.3) is 0 Å². The summed E-state index contributed by atoms with van der Waals surface area (Å²) < 4.78 is 4.89. The number of rotatable bonds is 8. The summed E-state index contributed by atoms with van der Waals surface area (Å²) in [5, 5.41) is 15.7. The highest BCUT2D eigenvalue weighted by atomic mass is 32.2. The molecule has 34 heavy (non-hydrogen) atoms. The maximum absolute atomic E-state index is 12.9. The number of aromatic nitrogens is 2. The van der Waals surface area contributed by atoms with Crippen molar-refractivity contribution in [1.82, 2.24) is 19.6 Å². The molecule has 2 fully saturated rings. The molecule has 4 rings (SSSR count). The Morgan fingerprint density at radius 2 is 2.15 bits per heavy atom. The van der Waals surface area contributed by atoms with Crippen molar-refractivity contribution in [2.75, 3.05) is 45.3 Å². The molecule has 182 valence electrons. The molecule has 14 heteroatoms. The Morgan fingerprint density at radius 3 is 2.76 bits per heavy atom. The number of carbonyl (C=O) groups is 3. The number of thioether (sulfide) groups is 1. The summed E-state index contributed by atoms with van der Waals surface area (Å²) in [7, 11) is 3.46. The quantitative estimate of drug-likeness (QED) is 0.190. The molecular weight excluding hydrogens is 482 g/mol. The number of amides is 2. The van der Waals surface area contributed by atoms with Crippen molar-refractivity contribution in [3.63, 3.8) is 0 Å². The zero-order valence-corrected chi connectivity index (χ0v) is 20.4. The molecule has 4 heterocycles. The number of oxime groups is 1. The van der Waals surface area contributed by atoms with Crippen molar-refractivity contribution in [3.8, 4) is 0 Å². The highest BCUT2D eigenvalue weighted by molar-refractivity contribution is 8.00. The molecule has 3 aliphatic heterocycles. The van der Waals surface area contributed by atoms with E-state index in [4.69, 9.17) is 10.6 Å². The predicted molar refractivity (Wildman–Crippen MR) is 127 cm³/mol. The Bertz CT molecular complexity index is 1090. The highest BCUT2D eigenvalue weighted by Crippen LogP contribution is 2.40. The third-order valence-corrected chi connectivity index (χ3v) is 7.89. The summed E-state index contributed by atoms with van der Waals surface area (Å²) >= 11 is 2.29. The molecule has 4 N–H and O–H groups in total. The molecule has 2 atom stereocenters. The molecule has 0 spiro atoms. The number of likely N-dealkylation sites (N-methyl/N-ethyl adjacent to an activating group) is 1. The lowest BCUT2D eigenvalue weighted by Gasteiger charge is -2.49.